The van der Waals surface area contributed by atoms with Crippen molar-refractivity contribution in [3.8, 4) is 11.4 Å². The fraction of sp³-hybridized carbons (Fsp3) is 0.577. The first-order chi connectivity index (χ1) is 15.5. The SMILES string of the molecule is CN(C)C(=O)c1nc(-c2ccccc2)n2c1C[C@@H]1CC[C@H](C2)N1C(=O)CC1CCCCC1. The number of carbonyl (C=O) groups is 2. The Morgan fingerprint density at radius 1 is 1.00 bits per heavy atom. The third kappa shape index (κ3) is 3.84. The summed E-state index contributed by atoms with van der Waals surface area (Å²) < 4.78 is 2.23. The van der Waals surface area contributed by atoms with E-state index in [9.17, 15) is 9.59 Å². The number of imidazole rings is 1. The second-order valence-corrected chi connectivity index (χ2v) is 10.0. The largest absolute Gasteiger partial charge is 0.343 e. The van der Waals surface area contributed by atoms with Gasteiger partial charge in [-0.05, 0) is 31.6 Å². The average molecular weight is 435 g/mol. The number of hydrogen-bond donors (Lipinski definition) is 0. The van der Waals surface area contributed by atoms with E-state index in [2.05, 4.69) is 21.6 Å². The molecule has 2 atom stereocenters. The van der Waals surface area contributed by atoms with Crippen LogP contribution in [0.25, 0.3) is 11.4 Å². The molecule has 6 heteroatoms. The van der Waals surface area contributed by atoms with E-state index in [0.29, 0.717) is 30.4 Å². The maximum Gasteiger partial charge on any atom is 0.273 e. The molecule has 170 valence electrons. The number of benzene rings is 1. The van der Waals surface area contributed by atoms with E-state index < -0.39 is 0 Å². The molecule has 2 bridgehead atoms. The number of aromatic nitrogens is 2. The van der Waals surface area contributed by atoms with Gasteiger partial charge in [0.05, 0.1) is 11.7 Å². The fourth-order valence-corrected chi connectivity index (χ4v) is 6.01. The minimum Gasteiger partial charge on any atom is -0.343 e. The van der Waals surface area contributed by atoms with Gasteiger partial charge in [0, 0.05) is 45.1 Å². The quantitative estimate of drug-likeness (QED) is 0.727. The van der Waals surface area contributed by atoms with Gasteiger partial charge in [-0.1, -0.05) is 49.6 Å². The molecule has 3 heterocycles. The van der Waals surface area contributed by atoms with Crippen LogP contribution >= 0.6 is 0 Å². The minimum absolute atomic E-state index is 0.0613. The van der Waals surface area contributed by atoms with Crippen LogP contribution in [0.5, 0.6) is 0 Å². The number of rotatable bonds is 4. The molecule has 1 saturated carbocycles. The monoisotopic (exact) mass is 434 g/mol. The van der Waals surface area contributed by atoms with Gasteiger partial charge in [0.25, 0.3) is 5.91 Å². The van der Waals surface area contributed by atoms with Crippen molar-refractivity contribution in [3.05, 3.63) is 41.7 Å². The summed E-state index contributed by atoms with van der Waals surface area (Å²) >= 11 is 0. The normalized spacial score (nSPS) is 23.0. The van der Waals surface area contributed by atoms with Gasteiger partial charge < -0.3 is 14.4 Å². The molecule has 0 radical (unpaired) electrons. The van der Waals surface area contributed by atoms with Crippen LogP contribution in [0.15, 0.2) is 30.3 Å². The summed E-state index contributed by atoms with van der Waals surface area (Å²) in [5.74, 6) is 1.65. The van der Waals surface area contributed by atoms with Crippen LogP contribution in [0.4, 0.5) is 0 Å². The Balaban J connectivity index is 1.48. The Morgan fingerprint density at radius 2 is 1.72 bits per heavy atom. The molecule has 5 rings (SSSR count). The van der Waals surface area contributed by atoms with Gasteiger partial charge in [-0.15, -0.1) is 0 Å². The predicted octanol–water partition coefficient (Wildman–Crippen LogP) is 4.14. The topological polar surface area (TPSA) is 58.4 Å². The van der Waals surface area contributed by atoms with Crippen molar-refractivity contribution in [1.29, 1.82) is 0 Å². The number of hydrogen-bond acceptors (Lipinski definition) is 3. The van der Waals surface area contributed by atoms with Gasteiger partial charge in [-0.2, -0.15) is 0 Å². The molecule has 1 aliphatic carbocycles. The summed E-state index contributed by atoms with van der Waals surface area (Å²) in [6, 6.07) is 10.5. The van der Waals surface area contributed by atoms with Crippen molar-refractivity contribution in [2.24, 2.45) is 5.92 Å². The van der Waals surface area contributed by atoms with Gasteiger partial charge in [-0.25, -0.2) is 4.98 Å². The van der Waals surface area contributed by atoms with Gasteiger partial charge in [0.15, 0.2) is 0 Å². The highest BCUT2D eigenvalue weighted by Crippen LogP contribution is 2.37. The molecule has 1 saturated heterocycles. The summed E-state index contributed by atoms with van der Waals surface area (Å²) in [7, 11) is 3.55. The maximum absolute atomic E-state index is 13.5. The first kappa shape index (κ1) is 21.2. The highest BCUT2D eigenvalue weighted by atomic mass is 16.2. The molecular weight excluding hydrogens is 400 g/mol. The summed E-state index contributed by atoms with van der Waals surface area (Å²) in [5, 5.41) is 0. The Kier molecular flexibility index (Phi) is 5.78. The van der Waals surface area contributed by atoms with Crippen molar-refractivity contribution in [2.75, 3.05) is 14.1 Å². The molecule has 2 fully saturated rings. The van der Waals surface area contributed by atoms with Crippen molar-refractivity contribution < 1.29 is 9.59 Å². The lowest BCUT2D eigenvalue weighted by atomic mass is 9.86. The van der Waals surface area contributed by atoms with Gasteiger partial charge in [0.2, 0.25) is 5.91 Å². The van der Waals surface area contributed by atoms with Crippen LogP contribution in [0.3, 0.4) is 0 Å². The standard InChI is InChI=1S/C26H34N4O2/c1-28(2)26(32)24-22-16-20-13-14-21(30(20)23(31)15-18-9-5-3-6-10-18)17-29(22)25(27-24)19-11-7-4-8-12-19/h4,7-8,11-12,18,20-21H,3,5-6,9-10,13-17H2,1-2H3/t20-,21+/m0/s1. The number of fused-ring (bicyclic) bond motifs is 3. The van der Waals surface area contributed by atoms with Gasteiger partial charge >= 0.3 is 0 Å². The van der Waals surface area contributed by atoms with E-state index in [1.54, 1.807) is 19.0 Å². The molecule has 32 heavy (non-hydrogen) atoms. The average Bonchev–Trinajstić information content (AvgIpc) is 3.30. The molecular formula is C26H34N4O2. The molecule has 0 spiro atoms. The highest BCUT2D eigenvalue weighted by molar-refractivity contribution is 5.94. The summed E-state index contributed by atoms with van der Waals surface area (Å²) in [6.07, 6.45) is 9.67. The van der Waals surface area contributed by atoms with Crippen LogP contribution in [-0.2, 0) is 17.8 Å². The molecule has 6 nitrogen and oxygen atoms in total. The summed E-state index contributed by atoms with van der Waals surface area (Å²) in [4.78, 5) is 35.1. The maximum atomic E-state index is 13.5. The Labute approximate surface area is 190 Å². The summed E-state index contributed by atoms with van der Waals surface area (Å²) in [6.45, 7) is 0.722. The van der Waals surface area contributed by atoms with E-state index in [-0.39, 0.29) is 18.0 Å². The second kappa shape index (κ2) is 8.72. The molecule has 1 aromatic carbocycles. The smallest absolute Gasteiger partial charge is 0.273 e. The first-order valence-corrected chi connectivity index (χ1v) is 12.2. The Hall–Kier alpha value is -2.63. The van der Waals surface area contributed by atoms with E-state index in [4.69, 9.17) is 4.98 Å². The second-order valence-electron chi connectivity index (χ2n) is 10.0. The van der Waals surface area contributed by atoms with E-state index in [0.717, 1.165) is 36.5 Å². The zero-order valence-electron chi connectivity index (χ0n) is 19.3. The van der Waals surface area contributed by atoms with Gasteiger partial charge in [0.1, 0.15) is 11.5 Å². The first-order valence-electron chi connectivity index (χ1n) is 12.2. The molecule has 2 aromatic rings. The highest BCUT2D eigenvalue weighted by Gasteiger charge is 2.42. The lowest BCUT2D eigenvalue weighted by Crippen LogP contribution is -2.43. The van der Waals surface area contributed by atoms with E-state index in [1.807, 2.05) is 18.2 Å². The molecule has 2 aliphatic heterocycles. The fourth-order valence-electron chi connectivity index (χ4n) is 6.01. The zero-order valence-corrected chi connectivity index (χ0v) is 19.3. The minimum atomic E-state index is -0.0613. The third-order valence-corrected chi connectivity index (χ3v) is 7.63. The molecule has 0 unspecified atom stereocenters. The molecule has 3 aliphatic rings. The van der Waals surface area contributed by atoms with Gasteiger partial charge in [-0.3, -0.25) is 9.59 Å². The molecule has 1 aromatic heterocycles. The molecule has 2 amide bonds. The molecule has 0 N–H and O–H groups in total. The van der Waals surface area contributed by atoms with Crippen LogP contribution in [0.2, 0.25) is 0 Å². The predicted molar refractivity (Wildman–Crippen MR) is 124 cm³/mol. The third-order valence-electron chi connectivity index (χ3n) is 7.63. The number of nitrogens with zero attached hydrogens (tertiary/aromatic N) is 4. The van der Waals surface area contributed by atoms with Crippen molar-refractivity contribution in [1.82, 2.24) is 19.4 Å². The van der Waals surface area contributed by atoms with Crippen molar-refractivity contribution in [2.45, 2.75) is 76.4 Å². The van der Waals surface area contributed by atoms with Crippen LogP contribution in [0, 0.1) is 5.92 Å². The van der Waals surface area contributed by atoms with Crippen molar-refractivity contribution in [3.63, 3.8) is 0 Å². The number of amides is 2. The van der Waals surface area contributed by atoms with E-state index in [1.165, 1.54) is 32.1 Å². The van der Waals surface area contributed by atoms with Crippen LogP contribution in [-0.4, -0.2) is 57.3 Å². The van der Waals surface area contributed by atoms with E-state index >= 15 is 0 Å². The Bertz CT molecular complexity index is 991. The zero-order chi connectivity index (χ0) is 22.2. The van der Waals surface area contributed by atoms with Crippen molar-refractivity contribution >= 4 is 11.8 Å². The number of carbonyl (C=O) groups excluding carboxylic acids is 2. The van der Waals surface area contributed by atoms with Crippen LogP contribution < -0.4 is 0 Å². The lowest BCUT2D eigenvalue weighted by Gasteiger charge is -2.31. The summed E-state index contributed by atoms with van der Waals surface area (Å²) in [5.41, 5.74) is 2.55. The lowest BCUT2D eigenvalue weighted by molar-refractivity contribution is -0.135. The van der Waals surface area contributed by atoms with Crippen LogP contribution in [0.1, 0.15) is 67.5 Å². The Morgan fingerprint density at radius 3 is 2.44 bits per heavy atom.